The molecule has 2 aromatic rings. The first-order valence-corrected chi connectivity index (χ1v) is 14.6. The first-order chi connectivity index (χ1) is 17.2. The topological polar surface area (TPSA) is 97.2 Å². The zero-order valence-corrected chi connectivity index (χ0v) is 22.1. The van der Waals surface area contributed by atoms with E-state index in [1.807, 2.05) is 4.68 Å². The minimum absolute atomic E-state index is 0.0504. The summed E-state index contributed by atoms with van der Waals surface area (Å²) in [6.45, 7) is 5.12. The van der Waals surface area contributed by atoms with Crippen molar-refractivity contribution in [2.45, 2.75) is 83.1 Å². The molecule has 4 rings (SSSR count). The molecule has 36 heavy (non-hydrogen) atoms. The van der Waals surface area contributed by atoms with Crippen LogP contribution in [0.1, 0.15) is 64.4 Å². The molecule has 1 amide bonds. The Hall–Kier alpha value is -2.33. The maximum absolute atomic E-state index is 13.7. The number of likely N-dealkylation sites (tertiary alicyclic amines) is 1. The molecule has 1 aromatic heterocycles. The van der Waals surface area contributed by atoms with E-state index in [0.29, 0.717) is 24.6 Å². The Balaban J connectivity index is 1.51. The van der Waals surface area contributed by atoms with Gasteiger partial charge >= 0.3 is 0 Å². The van der Waals surface area contributed by atoms with Gasteiger partial charge in [0.05, 0.1) is 5.25 Å². The SMILES string of the molecule is CC(C)S(=O)(=O)N[C@H](Cc1ccc(F)cc1)C(=O)N1CCC(Cn2cncn2)(C2CCCCC2)CC1. The highest BCUT2D eigenvalue weighted by molar-refractivity contribution is 7.90. The van der Waals surface area contributed by atoms with Crippen molar-refractivity contribution < 1.29 is 17.6 Å². The summed E-state index contributed by atoms with van der Waals surface area (Å²) in [5.74, 6) is -0.00411. The molecular formula is C26H38FN5O3S. The van der Waals surface area contributed by atoms with E-state index in [9.17, 15) is 17.6 Å². The molecule has 8 nitrogen and oxygen atoms in total. The summed E-state index contributed by atoms with van der Waals surface area (Å²) in [4.78, 5) is 19.6. The molecule has 0 spiro atoms. The van der Waals surface area contributed by atoms with Gasteiger partial charge in [-0.25, -0.2) is 22.5 Å². The van der Waals surface area contributed by atoms with E-state index in [1.165, 1.54) is 44.2 Å². The van der Waals surface area contributed by atoms with E-state index in [4.69, 9.17) is 0 Å². The number of halogens is 1. The number of hydrogen-bond donors (Lipinski definition) is 1. The van der Waals surface area contributed by atoms with Crippen LogP contribution in [-0.4, -0.2) is 58.4 Å². The van der Waals surface area contributed by atoms with Crippen molar-refractivity contribution in [2.75, 3.05) is 13.1 Å². The second kappa shape index (κ2) is 11.4. The Labute approximate surface area is 213 Å². The average molecular weight is 520 g/mol. The summed E-state index contributed by atoms with van der Waals surface area (Å²) in [5.41, 5.74) is 0.760. The van der Waals surface area contributed by atoms with Crippen LogP contribution in [0.15, 0.2) is 36.9 Å². The van der Waals surface area contributed by atoms with Gasteiger partial charge in [-0.05, 0) is 75.0 Å². The first kappa shape index (κ1) is 26.7. The largest absolute Gasteiger partial charge is 0.341 e. The summed E-state index contributed by atoms with van der Waals surface area (Å²) in [7, 11) is -3.67. The lowest BCUT2D eigenvalue weighted by atomic mass is 9.63. The summed E-state index contributed by atoms with van der Waals surface area (Å²) < 4.78 is 43.4. The van der Waals surface area contributed by atoms with Gasteiger partial charge in [-0.15, -0.1) is 0 Å². The van der Waals surface area contributed by atoms with Crippen LogP contribution in [0.25, 0.3) is 0 Å². The van der Waals surface area contributed by atoms with Gasteiger partial charge in [-0.3, -0.25) is 9.48 Å². The highest BCUT2D eigenvalue weighted by Crippen LogP contribution is 2.47. The number of nitrogens with zero attached hydrogens (tertiary/aromatic N) is 4. The molecule has 0 unspecified atom stereocenters. The van der Waals surface area contributed by atoms with Crippen LogP contribution in [0, 0.1) is 17.2 Å². The Kier molecular flexibility index (Phi) is 8.44. The van der Waals surface area contributed by atoms with Crippen LogP contribution < -0.4 is 4.72 Å². The lowest BCUT2D eigenvalue weighted by molar-refractivity contribution is -0.136. The van der Waals surface area contributed by atoms with Gasteiger partial charge in [0.25, 0.3) is 0 Å². The fourth-order valence-electron chi connectivity index (χ4n) is 5.81. The van der Waals surface area contributed by atoms with Crippen molar-refractivity contribution in [3.63, 3.8) is 0 Å². The molecule has 0 bridgehead atoms. The van der Waals surface area contributed by atoms with Crippen molar-refractivity contribution in [1.82, 2.24) is 24.4 Å². The van der Waals surface area contributed by atoms with Gasteiger partial charge in [-0.2, -0.15) is 5.10 Å². The maximum Gasteiger partial charge on any atom is 0.241 e. The molecule has 2 fully saturated rings. The van der Waals surface area contributed by atoms with Crippen LogP contribution in [0.3, 0.4) is 0 Å². The highest BCUT2D eigenvalue weighted by Gasteiger charge is 2.44. The van der Waals surface area contributed by atoms with Crippen molar-refractivity contribution in [3.05, 3.63) is 48.3 Å². The molecule has 2 aliphatic rings. The van der Waals surface area contributed by atoms with E-state index in [-0.39, 0.29) is 23.6 Å². The maximum atomic E-state index is 13.7. The number of piperidine rings is 1. The Morgan fingerprint density at radius 3 is 2.39 bits per heavy atom. The third kappa shape index (κ3) is 6.32. The zero-order valence-electron chi connectivity index (χ0n) is 21.3. The number of sulfonamides is 1. The van der Waals surface area contributed by atoms with Crippen LogP contribution in [0.5, 0.6) is 0 Å². The van der Waals surface area contributed by atoms with E-state index in [2.05, 4.69) is 14.8 Å². The number of benzene rings is 1. The number of carbonyl (C=O) groups excluding carboxylic acids is 1. The molecule has 0 radical (unpaired) electrons. The standard InChI is InChI=1S/C26H38FN5O3S/c1-20(2)36(34,35)30-24(16-21-8-10-23(27)11-9-21)25(33)31-14-12-26(13-15-31,17-32-19-28-18-29-32)22-6-4-3-5-7-22/h8-11,18-20,22,24,30H,3-7,12-17H2,1-2H3/t24-/m1/s1. The van der Waals surface area contributed by atoms with Crippen molar-refractivity contribution in [1.29, 1.82) is 0 Å². The molecule has 198 valence electrons. The normalized spacial score (nSPS) is 19.9. The highest BCUT2D eigenvalue weighted by atomic mass is 32.2. The fraction of sp³-hybridized carbons (Fsp3) is 0.654. The van der Waals surface area contributed by atoms with E-state index in [0.717, 1.165) is 19.4 Å². The molecule has 10 heteroatoms. The fourth-order valence-corrected chi connectivity index (χ4v) is 6.66. The van der Waals surface area contributed by atoms with E-state index in [1.54, 1.807) is 43.5 Å². The summed E-state index contributed by atoms with van der Waals surface area (Å²) in [6.07, 6.45) is 11.4. The summed E-state index contributed by atoms with van der Waals surface area (Å²) in [6, 6.07) is 4.93. The number of amides is 1. The minimum Gasteiger partial charge on any atom is -0.341 e. The van der Waals surface area contributed by atoms with E-state index < -0.39 is 21.3 Å². The molecule has 1 N–H and O–H groups in total. The predicted octanol–water partition coefficient (Wildman–Crippen LogP) is 3.55. The number of rotatable bonds is 9. The van der Waals surface area contributed by atoms with Crippen LogP contribution in [-0.2, 0) is 27.8 Å². The quantitative estimate of drug-likeness (QED) is 0.547. The lowest BCUT2D eigenvalue weighted by Crippen LogP contribution is -2.55. The second-order valence-electron chi connectivity index (χ2n) is 10.7. The van der Waals surface area contributed by atoms with Crippen molar-refractivity contribution in [2.24, 2.45) is 11.3 Å². The number of hydrogen-bond acceptors (Lipinski definition) is 5. The molecule has 1 aromatic carbocycles. The number of nitrogens with one attached hydrogen (secondary N) is 1. The third-order valence-corrected chi connectivity index (χ3v) is 9.92. The second-order valence-corrected chi connectivity index (χ2v) is 13.0. The van der Waals surface area contributed by atoms with Gasteiger partial charge in [0.1, 0.15) is 24.5 Å². The first-order valence-electron chi connectivity index (χ1n) is 13.1. The molecule has 1 saturated carbocycles. The number of carbonyl (C=O) groups is 1. The van der Waals surface area contributed by atoms with Gasteiger partial charge in [0, 0.05) is 19.6 Å². The molecule has 2 heterocycles. The number of aromatic nitrogens is 3. The smallest absolute Gasteiger partial charge is 0.241 e. The van der Waals surface area contributed by atoms with Crippen LogP contribution >= 0.6 is 0 Å². The minimum atomic E-state index is -3.67. The molecular weight excluding hydrogens is 481 g/mol. The zero-order chi connectivity index (χ0) is 25.8. The van der Waals surface area contributed by atoms with Gasteiger partial charge in [-0.1, -0.05) is 31.4 Å². The summed E-state index contributed by atoms with van der Waals surface area (Å²) in [5, 5.41) is 3.70. The Bertz CT molecular complexity index is 1090. The molecule has 1 atom stereocenters. The molecule has 1 aliphatic carbocycles. The Morgan fingerprint density at radius 1 is 1.14 bits per heavy atom. The average Bonchev–Trinajstić information content (AvgIpc) is 3.38. The lowest BCUT2D eigenvalue weighted by Gasteiger charge is -2.48. The third-order valence-electron chi connectivity index (χ3n) is 8.06. The van der Waals surface area contributed by atoms with E-state index >= 15 is 0 Å². The van der Waals surface area contributed by atoms with Gasteiger partial charge < -0.3 is 4.90 Å². The van der Waals surface area contributed by atoms with Crippen molar-refractivity contribution in [3.8, 4) is 0 Å². The Morgan fingerprint density at radius 2 is 1.81 bits per heavy atom. The summed E-state index contributed by atoms with van der Waals surface area (Å²) >= 11 is 0. The predicted molar refractivity (Wildman–Crippen MR) is 136 cm³/mol. The van der Waals surface area contributed by atoms with Crippen LogP contribution in [0.4, 0.5) is 4.39 Å². The van der Waals surface area contributed by atoms with Crippen molar-refractivity contribution >= 4 is 15.9 Å². The monoisotopic (exact) mass is 519 g/mol. The van der Waals surface area contributed by atoms with Gasteiger partial charge in [0.2, 0.25) is 15.9 Å². The van der Waals surface area contributed by atoms with Crippen LogP contribution in [0.2, 0.25) is 0 Å². The molecule has 1 saturated heterocycles. The van der Waals surface area contributed by atoms with Gasteiger partial charge in [0.15, 0.2) is 0 Å². The molecule has 1 aliphatic heterocycles.